The predicted molar refractivity (Wildman–Crippen MR) is 50.8 cm³/mol. The van der Waals surface area contributed by atoms with Crippen LogP contribution in [-0.4, -0.2) is 55.6 Å². The number of hydrogen-bond donors (Lipinski definition) is 0. The highest BCUT2D eigenvalue weighted by atomic mass is 16.6. The van der Waals surface area contributed by atoms with E-state index in [1.54, 1.807) is 16.8 Å². The lowest BCUT2D eigenvalue weighted by Gasteiger charge is -2.03. The molecule has 0 aromatic carbocycles. The van der Waals surface area contributed by atoms with Crippen molar-refractivity contribution in [1.29, 1.82) is 0 Å². The molecule has 0 radical (unpaired) electrons. The van der Waals surface area contributed by atoms with Crippen LogP contribution in [-0.2, 0) is 9.53 Å². The number of likely N-dealkylation sites (N-methyl/N-ethyl adjacent to an activating group) is 1. The Morgan fingerprint density at radius 3 is 2.00 bits per heavy atom. The lowest BCUT2D eigenvalue weighted by atomic mass is 10.4. The van der Waals surface area contributed by atoms with E-state index in [1.807, 2.05) is 7.05 Å². The third kappa shape index (κ3) is 2.90. The second-order valence-electron chi connectivity index (χ2n) is 3.45. The summed E-state index contributed by atoms with van der Waals surface area (Å²) in [4.78, 5) is 24.1. The molecular weight excluding hydrogens is 184 g/mol. The molecule has 5 nitrogen and oxygen atoms in total. The minimum absolute atomic E-state index is 0.208. The van der Waals surface area contributed by atoms with Crippen molar-refractivity contribution < 1.29 is 14.3 Å². The van der Waals surface area contributed by atoms with Crippen LogP contribution in [0.3, 0.4) is 0 Å². The van der Waals surface area contributed by atoms with Gasteiger partial charge in [-0.05, 0) is 6.42 Å². The molecule has 0 bridgehead atoms. The first kappa shape index (κ1) is 10.8. The molecule has 0 unspecified atom stereocenters. The van der Waals surface area contributed by atoms with Crippen molar-refractivity contribution in [2.45, 2.75) is 12.8 Å². The van der Waals surface area contributed by atoms with Gasteiger partial charge in [-0.25, -0.2) is 4.79 Å². The van der Waals surface area contributed by atoms with Crippen molar-refractivity contribution >= 4 is 12.0 Å². The smallest absolute Gasteiger partial charge is 0.409 e. The van der Waals surface area contributed by atoms with Gasteiger partial charge in [0.25, 0.3) is 0 Å². The maximum Gasteiger partial charge on any atom is 0.409 e. The van der Waals surface area contributed by atoms with Crippen LogP contribution < -0.4 is 0 Å². The van der Waals surface area contributed by atoms with Crippen LogP contribution in [0.4, 0.5) is 4.79 Å². The van der Waals surface area contributed by atoms with Gasteiger partial charge in [0.15, 0.2) is 0 Å². The molecule has 5 heteroatoms. The molecule has 2 saturated heterocycles. The Bertz CT molecular complexity index is 206. The standard InChI is InChI=1S/C5H9NO.C4H7NO2/c1-6-4-2-3-5(6)7;1-5-2-3-7-4(5)6/h2-4H2,1H3;2-3H2,1H3. The van der Waals surface area contributed by atoms with Crippen molar-refractivity contribution in [3.05, 3.63) is 0 Å². The average Bonchev–Trinajstić information content (AvgIpc) is 2.67. The molecule has 2 fully saturated rings. The Morgan fingerprint density at radius 1 is 1.14 bits per heavy atom. The zero-order chi connectivity index (χ0) is 10.6. The summed E-state index contributed by atoms with van der Waals surface area (Å²) in [7, 11) is 3.56. The van der Waals surface area contributed by atoms with E-state index in [4.69, 9.17) is 0 Å². The number of amides is 2. The predicted octanol–water partition coefficient (Wildman–Crippen LogP) is 0.307. The van der Waals surface area contributed by atoms with Crippen LogP contribution in [0, 0.1) is 0 Å². The van der Waals surface area contributed by atoms with Crippen molar-refractivity contribution in [2.24, 2.45) is 0 Å². The van der Waals surface area contributed by atoms with Gasteiger partial charge in [0.2, 0.25) is 5.91 Å². The first-order valence-corrected chi connectivity index (χ1v) is 4.73. The fraction of sp³-hybridized carbons (Fsp3) is 0.778. The summed E-state index contributed by atoms with van der Waals surface area (Å²) < 4.78 is 4.55. The van der Waals surface area contributed by atoms with Gasteiger partial charge in [-0.1, -0.05) is 0 Å². The van der Waals surface area contributed by atoms with E-state index in [-0.39, 0.29) is 6.09 Å². The number of hydrogen-bond acceptors (Lipinski definition) is 3. The lowest BCUT2D eigenvalue weighted by molar-refractivity contribution is -0.126. The Labute approximate surface area is 83.6 Å². The molecule has 0 saturated carbocycles. The highest BCUT2D eigenvalue weighted by Crippen LogP contribution is 2.04. The molecule has 2 amide bonds. The topological polar surface area (TPSA) is 49.9 Å². The van der Waals surface area contributed by atoms with E-state index < -0.39 is 0 Å². The van der Waals surface area contributed by atoms with Crippen LogP contribution in [0.5, 0.6) is 0 Å². The van der Waals surface area contributed by atoms with Gasteiger partial charge in [0.1, 0.15) is 6.61 Å². The molecule has 14 heavy (non-hydrogen) atoms. The Morgan fingerprint density at radius 2 is 1.86 bits per heavy atom. The van der Waals surface area contributed by atoms with E-state index >= 15 is 0 Å². The third-order valence-corrected chi connectivity index (χ3v) is 2.27. The van der Waals surface area contributed by atoms with Gasteiger partial charge in [-0.15, -0.1) is 0 Å². The second kappa shape index (κ2) is 4.83. The van der Waals surface area contributed by atoms with Crippen LogP contribution in [0.25, 0.3) is 0 Å². The molecule has 80 valence electrons. The van der Waals surface area contributed by atoms with Gasteiger partial charge in [0, 0.05) is 27.1 Å². The normalized spacial score (nSPS) is 20.7. The van der Waals surface area contributed by atoms with Crippen molar-refractivity contribution in [3.8, 4) is 0 Å². The number of carbonyl (C=O) groups excluding carboxylic acids is 2. The highest BCUT2D eigenvalue weighted by Gasteiger charge is 2.15. The summed E-state index contributed by atoms with van der Waals surface area (Å²) in [5.41, 5.74) is 0. The molecule has 2 heterocycles. The molecular formula is C9H16N2O3. The van der Waals surface area contributed by atoms with Crippen LogP contribution >= 0.6 is 0 Å². The number of nitrogens with zero attached hydrogens (tertiary/aromatic N) is 2. The number of ether oxygens (including phenoxy) is 1. The zero-order valence-corrected chi connectivity index (χ0v) is 8.65. The molecule has 0 aromatic heterocycles. The number of carbonyl (C=O) groups is 2. The molecule has 0 aliphatic carbocycles. The highest BCUT2D eigenvalue weighted by molar-refractivity contribution is 5.77. The van der Waals surface area contributed by atoms with Crippen molar-refractivity contribution in [1.82, 2.24) is 9.80 Å². The molecule has 0 aromatic rings. The van der Waals surface area contributed by atoms with E-state index in [0.717, 1.165) is 25.9 Å². The second-order valence-corrected chi connectivity index (χ2v) is 3.45. The minimum atomic E-state index is -0.208. The van der Waals surface area contributed by atoms with E-state index in [9.17, 15) is 9.59 Å². The maximum absolute atomic E-state index is 10.5. The van der Waals surface area contributed by atoms with E-state index in [2.05, 4.69) is 4.74 Å². The minimum Gasteiger partial charge on any atom is -0.448 e. The van der Waals surface area contributed by atoms with Gasteiger partial charge in [-0.2, -0.15) is 0 Å². The summed E-state index contributed by atoms with van der Waals surface area (Å²) in [5, 5.41) is 0. The molecule has 0 spiro atoms. The van der Waals surface area contributed by atoms with Crippen LogP contribution in [0.2, 0.25) is 0 Å². The van der Waals surface area contributed by atoms with E-state index in [0.29, 0.717) is 12.5 Å². The fourth-order valence-electron chi connectivity index (χ4n) is 1.25. The van der Waals surface area contributed by atoms with Gasteiger partial charge >= 0.3 is 6.09 Å². The number of cyclic esters (lactones) is 1. The van der Waals surface area contributed by atoms with Crippen molar-refractivity contribution in [3.63, 3.8) is 0 Å². The summed E-state index contributed by atoms with van der Waals surface area (Å²) in [6, 6.07) is 0. The first-order chi connectivity index (χ1) is 6.61. The summed E-state index contributed by atoms with van der Waals surface area (Å²) in [6.45, 7) is 2.24. The molecule has 0 N–H and O–H groups in total. The summed E-state index contributed by atoms with van der Waals surface area (Å²) >= 11 is 0. The molecule has 2 aliphatic rings. The Balaban J connectivity index is 0.000000140. The van der Waals surface area contributed by atoms with E-state index in [1.165, 1.54) is 0 Å². The lowest BCUT2D eigenvalue weighted by Crippen LogP contribution is -2.17. The Hall–Kier alpha value is -1.26. The van der Waals surface area contributed by atoms with Gasteiger partial charge < -0.3 is 14.5 Å². The number of likely N-dealkylation sites (tertiary alicyclic amines) is 1. The first-order valence-electron chi connectivity index (χ1n) is 4.73. The van der Waals surface area contributed by atoms with Crippen LogP contribution in [0.15, 0.2) is 0 Å². The average molecular weight is 200 g/mol. The number of rotatable bonds is 0. The SMILES string of the molecule is CN1CCCC1=O.CN1CCOC1=O. The third-order valence-electron chi connectivity index (χ3n) is 2.27. The molecule has 2 aliphatic heterocycles. The van der Waals surface area contributed by atoms with Crippen LogP contribution in [0.1, 0.15) is 12.8 Å². The maximum atomic E-state index is 10.5. The van der Waals surface area contributed by atoms with Crippen molar-refractivity contribution in [2.75, 3.05) is 33.8 Å². The Kier molecular flexibility index (Phi) is 3.73. The summed E-state index contributed by atoms with van der Waals surface area (Å²) in [6.07, 6.45) is 1.60. The molecule has 0 atom stereocenters. The summed E-state index contributed by atoms with van der Waals surface area (Å²) in [5.74, 6) is 0.292. The van der Waals surface area contributed by atoms with Gasteiger partial charge in [-0.3, -0.25) is 4.79 Å². The fourth-order valence-corrected chi connectivity index (χ4v) is 1.25. The van der Waals surface area contributed by atoms with Gasteiger partial charge in [0.05, 0.1) is 6.54 Å². The zero-order valence-electron chi connectivity index (χ0n) is 8.65. The largest absolute Gasteiger partial charge is 0.448 e. The molecule has 2 rings (SSSR count). The monoisotopic (exact) mass is 200 g/mol. The quantitative estimate of drug-likeness (QED) is 0.565.